The van der Waals surface area contributed by atoms with Crippen LogP contribution in [0.15, 0.2) is 53.6 Å². The highest BCUT2D eigenvalue weighted by atomic mass is 35.5. The van der Waals surface area contributed by atoms with Crippen molar-refractivity contribution in [3.05, 3.63) is 64.4 Å². The Bertz CT molecular complexity index is 1090. The number of benzene rings is 2. The highest BCUT2D eigenvalue weighted by Gasteiger charge is 2.17. The quantitative estimate of drug-likeness (QED) is 0.675. The molecular formula is C17H14Cl2N4O2S. The number of nitrogens with one attached hydrogen (secondary N) is 1. The van der Waals surface area contributed by atoms with Gasteiger partial charge in [0, 0.05) is 16.8 Å². The number of rotatable bonds is 4. The molecule has 6 nitrogen and oxygen atoms in total. The molecule has 0 unspecified atom stereocenters. The van der Waals surface area contributed by atoms with Crippen molar-refractivity contribution in [3.8, 4) is 11.1 Å². The number of hydrogen-bond donors (Lipinski definition) is 2. The molecule has 0 aliphatic heterocycles. The van der Waals surface area contributed by atoms with E-state index in [1.165, 1.54) is 12.1 Å². The van der Waals surface area contributed by atoms with E-state index in [0.29, 0.717) is 16.3 Å². The second-order valence-corrected chi connectivity index (χ2v) is 8.01. The number of sulfonamides is 1. The molecule has 0 spiro atoms. The molecule has 0 saturated carbocycles. The highest BCUT2D eigenvalue weighted by molar-refractivity contribution is 7.92. The summed E-state index contributed by atoms with van der Waals surface area (Å²) in [5.74, 6) is 0.169. The summed E-state index contributed by atoms with van der Waals surface area (Å²) in [6, 6.07) is 10.9. The molecule has 9 heteroatoms. The Hall–Kier alpha value is -2.35. The summed E-state index contributed by atoms with van der Waals surface area (Å²) in [5.41, 5.74) is 7.91. The van der Waals surface area contributed by atoms with Crippen LogP contribution >= 0.6 is 23.2 Å². The van der Waals surface area contributed by atoms with Gasteiger partial charge in [-0.2, -0.15) is 0 Å². The van der Waals surface area contributed by atoms with Gasteiger partial charge in [-0.3, -0.25) is 4.72 Å². The van der Waals surface area contributed by atoms with Gasteiger partial charge in [0.05, 0.1) is 21.3 Å². The Morgan fingerprint density at radius 1 is 1.12 bits per heavy atom. The van der Waals surface area contributed by atoms with Gasteiger partial charge in [0.2, 0.25) is 5.95 Å². The second-order valence-electron chi connectivity index (χ2n) is 5.48. The van der Waals surface area contributed by atoms with Crippen LogP contribution in [-0.2, 0) is 10.0 Å². The van der Waals surface area contributed by atoms with E-state index in [1.54, 1.807) is 43.5 Å². The number of nitrogens with zero attached hydrogens (tertiary/aromatic N) is 2. The van der Waals surface area contributed by atoms with Crippen molar-refractivity contribution in [1.29, 1.82) is 0 Å². The van der Waals surface area contributed by atoms with Gasteiger partial charge in [-0.25, -0.2) is 18.4 Å². The van der Waals surface area contributed by atoms with E-state index < -0.39 is 10.0 Å². The molecule has 3 aromatic rings. The molecule has 3 N–H and O–H groups in total. The molecule has 0 aliphatic carbocycles. The average molecular weight is 409 g/mol. The van der Waals surface area contributed by atoms with Crippen molar-refractivity contribution in [1.82, 2.24) is 9.97 Å². The molecule has 26 heavy (non-hydrogen) atoms. The highest BCUT2D eigenvalue weighted by Crippen LogP contribution is 2.31. The fourth-order valence-corrected chi connectivity index (χ4v) is 3.97. The number of halogens is 2. The Kier molecular flexibility index (Phi) is 5.04. The predicted molar refractivity (Wildman–Crippen MR) is 104 cm³/mol. The van der Waals surface area contributed by atoms with Gasteiger partial charge in [-0.15, -0.1) is 0 Å². The van der Waals surface area contributed by atoms with E-state index in [9.17, 15) is 8.42 Å². The monoisotopic (exact) mass is 408 g/mol. The number of anilines is 2. The Morgan fingerprint density at radius 3 is 2.58 bits per heavy atom. The van der Waals surface area contributed by atoms with Crippen LogP contribution in [0.3, 0.4) is 0 Å². The van der Waals surface area contributed by atoms with Crippen molar-refractivity contribution < 1.29 is 8.42 Å². The zero-order valence-corrected chi connectivity index (χ0v) is 15.9. The lowest BCUT2D eigenvalue weighted by molar-refractivity contribution is 0.601. The van der Waals surface area contributed by atoms with Crippen LogP contribution in [0.1, 0.15) is 5.69 Å². The van der Waals surface area contributed by atoms with E-state index in [4.69, 9.17) is 28.9 Å². The fraction of sp³-hybridized carbons (Fsp3) is 0.0588. The summed E-state index contributed by atoms with van der Waals surface area (Å²) >= 11 is 12.0. The molecule has 0 atom stereocenters. The molecule has 0 saturated heterocycles. The molecule has 0 fully saturated rings. The van der Waals surface area contributed by atoms with Crippen molar-refractivity contribution in [3.63, 3.8) is 0 Å². The molecule has 0 aliphatic rings. The number of nitrogens with two attached hydrogens (primary N) is 1. The van der Waals surface area contributed by atoms with E-state index in [2.05, 4.69) is 14.7 Å². The van der Waals surface area contributed by atoms with Crippen molar-refractivity contribution in [2.24, 2.45) is 0 Å². The minimum absolute atomic E-state index is 0.0402. The first-order valence-electron chi connectivity index (χ1n) is 7.44. The van der Waals surface area contributed by atoms with Crippen LogP contribution in [0.5, 0.6) is 0 Å². The molecule has 0 radical (unpaired) electrons. The second kappa shape index (κ2) is 7.11. The summed E-state index contributed by atoms with van der Waals surface area (Å²) in [5, 5.41) is 0.579. The maximum Gasteiger partial charge on any atom is 0.261 e. The third-order valence-electron chi connectivity index (χ3n) is 3.63. The minimum Gasteiger partial charge on any atom is -0.368 e. The molecule has 0 amide bonds. The SMILES string of the molecule is Cc1nc(N)ncc1-c1ccc(Cl)c(NS(=O)(=O)c2cccc(Cl)c2)c1. The van der Waals surface area contributed by atoms with E-state index in [0.717, 1.165) is 5.56 Å². The lowest BCUT2D eigenvalue weighted by atomic mass is 10.1. The Morgan fingerprint density at radius 2 is 1.88 bits per heavy atom. The van der Waals surface area contributed by atoms with Gasteiger partial charge >= 0.3 is 0 Å². The summed E-state index contributed by atoms with van der Waals surface area (Å²) < 4.78 is 27.7. The van der Waals surface area contributed by atoms with Gasteiger partial charge in [0.15, 0.2) is 0 Å². The van der Waals surface area contributed by atoms with Crippen LogP contribution in [0, 0.1) is 6.92 Å². The summed E-state index contributed by atoms with van der Waals surface area (Å²) in [6.07, 6.45) is 1.58. The first-order chi connectivity index (χ1) is 12.3. The van der Waals surface area contributed by atoms with Gasteiger partial charge in [-0.1, -0.05) is 35.3 Å². The standard InChI is InChI=1S/C17H14Cl2N4O2S/c1-10-14(9-21-17(20)22-10)11-5-6-15(19)16(7-11)23-26(24,25)13-4-2-3-12(18)8-13/h2-9,23H,1H3,(H2,20,21,22). The van der Waals surface area contributed by atoms with Crippen LogP contribution < -0.4 is 10.5 Å². The number of nitrogen functional groups attached to an aromatic ring is 1. The summed E-state index contributed by atoms with van der Waals surface area (Å²) in [7, 11) is -3.84. The number of aromatic nitrogens is 2. The maximum absolute atomic E-state index is 12.6. The van der Waals surface area contributed by atoms with Crippen LogP contribution in [0.4, 0.5) is 11.6 Å². The fourth-order valence-electron chi connectivity index (χ4n) is 2.38. The molecule has 1 heterocycles. The van der Waals surface area contributed by atoms with Gasteiger partial charge in [0.1, 0.15) is 0 Å². The van der Waals surface area contributed by atoms with Gasteiger partial charge < -0.3 is 5.73 Å². The van der Waals surface area contributed by atoms with Crippen LogP contribution in [-0.4, -0.2) is 18.4 Å². The van der Waals surface area contributed by atoms with Crippen molar-refractivity contribution in [2.75, 3.05) is 10.5 Å². The Labute approximate surface area is 161 Å². The van der Waals surface area contributed by atoms with Crippen LogP contribution in [0.2, 0.25) is 10.0 Å². The molecule has 3 rings (SSSR count). The van der Waals surface area contributed by atoms with Gasteiger partial charge in [0.25, 0.3) is 10.0 Å². The zero-order valence-electron chi connectivity index (χ0n) is 13.6. The minimum atomic E-state index is -3.84. The molecule has 0 bridgehead atoms. The first kappa shape index (κ1) is 18.4. The average Bonchev–Trinajstić information content (AvgIpc) is 2.57. The lowest BCUT2D eigenvalue weighted by Gasteiger charge is -2.12. The third-order valence-corrected chi connectivity index (χ3v) is 5.55. The summed E-state index contributed by atoms with van der Waals surface area (Å²) in [4.78, 5) is 8.14. The molecular weight excluding hydrogens is 395 g/mol. The van der Waals surface area contributed by atoms with E-state index in [1.807, 2.05) is 0 Å². The normalized spacial score (nSPS) is 11.3. The zero-order chi connectivity index (χ0) is 18.9. The number of hydrogen-bond acceptors (Lipinski definition) is 5. The molecule has 134 valence electrons. The smallest absolute Gasteiger partial charge is 0.261 e. The van der Waals surface area contributed by atoms with E-state index >= 15 is 0 Å². The molecule has 1 aromatic heterocycles. The molecule has 2 aromatic carbocycles. The number of aryl methyl sites for hydroxylation is 1. The lowest BCUT2D eigenvalue weighted by Crippen LogP contribution is -2.13. The van der Waals surface area contributed by atoms with Gasteiger partial charge in [-0.05, 0) is 42.8 Å². The topological polar surface area (TPSA) is 98.0 Å². The van der Waals surface area contributed by atoms with Crippen molar-refractivity contribution >= 4 is 44.9 Å². The van der Waals surface area contributed by atoms with E-state index in [-0.39, 0.29) is 21.6 Å². The van der Waals surface area contributed by atoms with Crippen molar-refractivity contribution in [2.45, 2.75) is 11.8 Å². The first-order valence-corrected chi connectivity index (χ1v) is 9.67. The van der Waals surface area contributed by atoms with Crippen LogP contribution in [0.25, 0.3) is 11.1 Å². The predicted octanol–water partition coefficient (Wildman–Crippen LogP) is 4.14. The largest absolute Gasteiger partial charge is 0.368 e. The third kappa shape index (κ3) is 3.90. The Balaban J connectivity index is 2.01. The maximum atomic E-state index is 12.6. The summed E-state index contributed by atoms with van der Waals surface area (Å²) in [6.45, 7) is 1.79.